The standard InChI is InChI=1S/C29H50N2O2/c1-2-3-4-5-6-7-8-9-10-11-12-13-17-22-28(32)30-27(25-31-23-18-19-24-31)29(33)26-20-15-14-16-21-26/h14-16,20-21,27,29,33H,2-13,17-19,22-25H2,1H3,(H,30,32)/t27-,29-/m1/s1. The summed E-state index contributed by atoms with van der Waals surface area (Å²) in [6.07, 6.45) is 19.4. The van der Waals surface area contributed by atoms with Crippen molar-refractivity contribution in [1.82, 2.24) is 10.2 Å². The minimum atomic E-state index is -0.664. The van der Waals surface area contributed by atoms with Gasteiger partial charge in [0.15, 0.2) is 0 Å². The Bertz CT molecular complexity index is 601. The van der Waals surface area contributed by atoms with E-state index in [1.165, 1.54) is 83.5 Å². The number of carbonyl (C=O) groups is 1. The Labute approximate surface area is 203 Å². The molecule has 0 radical (unpaired) electrons. The van der Waals surface area contributed by atoms with E-state index in [0.717, 1.165) is 38.0 Å². The highest BCUT2D eigenvalue weighted by Crippen LogP contribution is 2.20. The van der Waals surface area contributed by atoms with Gasteiger partial charge in [-0.1, -0.05) is 114 Å². The van der Waals surface area contributed by atoms with Gasteiger partial charge in [0.1, 0.15) is 6.10 Å². The fourth-order valence-corrected chi connectivity index (χ4v) is 4.93. The molecule has 2 N–H and O–H groups in total. The number of hydrogen-bond acceptors (Lipinski definition) is 3. The Balaban J connectivity index is 1.56. The first-order valence-electron chi connectivity index (χ1n) is 14.0. The average molecular weight is 459 g/mol. The summed E-state index contributed by atoms with van der Waals surface area (Å²) in [6.45, 7) is 5.12. The number of aliphatic hydroxyl groups excluding tert-OH is 1. The molecule has 1 saturated heterocycles. The van der Waals surface area contributed by atoms with Gasteiger partial charge < -0.3 is 15.3 Å². The lowest BCUT2D eigenvalue weighted by Crippen LogP contribution is -2.46. The van der Waals surface area contributed by atoms with Gasteiger partial charge in [-0.15, -0.1) is 0 Å². The second-order valence-electron chi connectivity index (χ2n) is 10.0. The zero-order valence-electron chi connectivity index (χ0n) is 21.3. The third-order valence-corrected chi connectivity index (χ3v) is 7.03. The molecular weight excluding hydrogens is 408 g/mol. The highest BCUT2D eigenvalue weighted by molar-refractivity contribution is 5.76. The molecule has 4 nitrogen and oxygen atoms in total. The summed E-state index contributed by atoms with van der Waals surface area (Å²) in [5, 5.41) is 14.1. The lowest BCUT2D eigenvalue weighted by Gasteiger charge is -2.28. The van der Waals surface area contributed by atoms with Crippen LogP contribution in [0.4, 0.5) is 0 Å². The van der Waals surface area contributed by atoms with Crippen molar-refractivity contribution in [3.63, 3.8) is 0 Å². The summed E-state index contributed by atoms with van der Waals surface area (Å²) < 4.78 is 0. The molecule has 4 heteroatoms. The van der Waals surface area contributed by atoms with Crippen LogP contribution in [0.3, 0.4) is 0 Å². The van der Waals surface area contributed by atoms with Crippen molar-refractivity contribution in [3.8, 4) is 0 Å². The number of aliphatic hydroxyl groups is 1. The van der Waals surface area contributed by atoms with Crippen LogP contribution in [0, 0.1) is 0 Å². The van der Waals surface area contributed by atoms with E-state index in [-0.39, 0.29) is 11.9 Å². The van der Waals surface area contributed by atoms with Crippen LogP contribution in [-0.4, -0.2) is 41.6 Å². The molecule has 1 heterocycles. The molecular formula is C29H50N2O2. The minimum absolute atomic E-state index is 0.0808. The van der Waals surface area contributed by atoms with E-state index < -0.39 is 6.10 Å². The normalized spacial score (nSPS) is 16.1. The van der Waals surface area contributed by atoms with E-state index in [1.807, 2.05) is 30.3 Å². The van der Waals surface area contributed by atoms with Crippen LogP contribution in [0.5, 0.6) is 0 Å². The van der Waals surface area contributed by atoms with Crippen molar-refractivity contribution in [2.45, 2.75) is 122 Å². The van der Waals surface area contributed by atoms with Crippen molar-refractivity contribution < 1.29 is 9.90 Å². The molecule has 2 rings (SSSR count). The van der Waals surface area contributed by atoms with Gasteiger partial charge in [0, 0.05) is 13.0 Å². The number of amides is 1. The van der Waals surface area contributed by atoms with Crippen molar-refractivity contribution in [2.24, 2.45) is 0 Å². The Morgan fingerprint density at radius 3 is 1.91 bits per heavy atom. The molecule has 0 spiro atoms. The summed E-state index contributed by atoms with van der Waals surface area (Å²) >= 11 is 0. The van der Waals surface area contributed by atoms with Crippen molar-refractivity contribution in [1.29, 1.82) is 0 Å². The fourth-order valence-electron chi connectivity index (χ4n) is 4.93. The Kier molecular flexibility index (Phi) is 15.2. The number of rotatable bonds is 19. The van der Waals surface area contributed by atoms with Crippen LogP contribution >= 0.6 is 0 Å². The van der Waals surface area contributed by atoms with Gasteiger partial charge >= 0.3 is 0 Å². The zero-order valence-corrected chi connectivity index (χ0v) is 21.3. The van der Waals surface area contributed by atoms with E-state index in [1.54, 1.807) is 0 Å². The lowest BCUT2D eigenvalue weighted by molar-refractivity contribution is -0.123. The number of carbonyl (C=O) groups excluding carboxylic acids is 1. The number of nitrogens with zero attached hydrogens (tertiary/aromatic N) is 1. The SMILES string of the molecule is CCCCCCCCCCCCCCCC(=O)N[C@H](CN1CCCC1)[C@H](O)c1ccccc1. The van der Waals surface area contributed by atoms with Crippen LogP contribution in [0.15, 0.2) is 30.3 Å². The Morgan fingerprint density at radius 1 is 0.848 bits per heavy atom. The maximum atomic E-state index is 12.6. The molecule has 1 aromatic rings. The van der Waals surface area contributed by atoms with E-state index >= 15 is 0 Å². The maximum absolute atomic E-state index is 12.6. The molecule has 0 unspecified atom stereocenters. The monoisotopic (exact) mass is 458 g/mol. The second-order valence-corrected chi connectivity index (χ2v) is 10.0. The Hall–Kier alpha value is -1.39. The predicted octanol–water partition coefficient (Wildman–Crippen LogP) is 6.78. The second kappa shape index (κ2) is 18.0. The van der Waals surface area contributed by atoms with Crippen molar-refractivity contribution in [2.75, 3.05) is 19.6 Å². The molecule has 2 atom stereocenters. The van der Waals surface area contributed by atoms with Gasteiger partial charge in [-0.05, 0) is 37.9 Å². The minimum Gasteiger partial charge on any atom is -0.386 e. The van der Waals surface area contributed by atoms with E-state index in [0.29, 0.717) is 6.42 Å². The number of nitrogens with one attached hydrogen (secondary N) is 1. The molecule has 0 aromatic heterocycles. The summed E-state index contributed by atoms with van der Waals surface area (Å²) in [5.74, 6) is 0.0808. The summed E-state index contributed by atoms with van der Waals surface area (Å²) in [7, 11) is 0. The third-order valence-electron chi connectivity index (χ3n) is 7.03. The highest BCUT2D eigenvalue weighted by Gasteiger charge is 2.26. The maximum Gasteiger partial charge on any atom is 0.220 e. The predicted molar refractivity (Wildman–Crippen MR) is 139 cm³/mol. The molecule has 1 amide bonds. The van der Waals surface area contributed by atoms with Gasteiger partial charge in [-0.3, -0.25) is 4.79 Å². The first kappa shape index (κ1) is 27.9. The molecule has 0 aliphatic carbocycles. The lowest BCUT2D eigenvalue weighted by atomic mass is 10.0. The van der Waals surface area contributed by atoms with Crippen LogP contribution in [-0.2, 0) is 4.79 Å². The molecule has 1 aliphatic rings. The van der Waals surface area contributed by atoms with Crippen molar-refractivity contribution >= 4 is 5.91 Å². The van der Waals surface area contributed by atoms with Crippen LogP contribution in [0.1, 0.15) is 121 Å². The highest BCUT2D eigenvalue weighted by atomic mass is 16.3. The number of benzene rings is 1. The van der Waals surface area contributed by atoms with Gasteiger partial charge in [-0.25, -0.2) is 0 Å². The summed E-state index contributed by atoms with van der Waals surface area (Å²) in [5.41, 5.74) is 0.878. The van der Waals surface area contributed by atoms with Gasteiger partial charge in [0.25, 0.3) is 0 Å². The van der Waals surface area contributed by atoms with Gasteiger partial charge in [-0.2, -0.15) is 0 Å². The smallest absolute Gasteiger partial charge is 0.220 e. The topological polar surface area (TPSA) is 52.6 Å². The summed E-state index contributed by atoms with van der Waals surface area (Å²) in [6, 6.07) is 9.49. The van der Waals surface area contributed by atoms with E-state index in [9.17, 15) is 9.90 Å². The van der Waals surface area contributed by atoms with Crippen molar-refractivity contribution in [3.05, 3.63) is 35.9 Å². The number of unbranched alkanes of at least 4 members (excludes halogenated alkanes) is 12. The quantitative estimate of drug-likeness (QED) is 0.225. The average Bonchev–Trinajstić information content (AvgIpc) is 3.35. The van der Waals surface area contributed by atoms with Crippen LogP contribution in [0.2, 0.25) is 0 Å². The molecule has 0 saturated carbocycles. The van der Waals surface area contributed by atoms with Crippen LogP contribution in [0.25, 0.3) is 0 Å². The Morgan fingerprint density at radius 2 is 1.36 bits per heavy atom. The molecule has 1 fully saturated rings. The molecule has 33 heavy (non-hydrogen) atoms. The van der Waals surface area contributed by atoms with E-state index in [4.69, 9.17) is 0 Å². The molecule has 0 bridgehead atoms. The molecule has 188 valence electrons. The van der Waals surface area contributed by atoms with Gasteiger partial charge in [0.05, 0.1) is 6.04 Å². The third kappa shape index (κ3) is 12.6. The molecule has 1 aromatic carbocycles. The first-order chi connectivity index (χ1) is 16.2. The number of likely N-dealkylation sites (tertiary alicyclic amines) is 1. The number of hydrogen-bond donors (Lipinski definition) is 2. The first-order valence-corrected chi connectivity index (χ1v) is 14.0. The largest absolute Gasteiger partial charge is 0.386 e. The van der Waals surface area contributed by atoms with Gasteiger partial charge in [0.2, 0.25) is 5.91 Å². The molecule has 1 aliphatic heterocycles. The van der Waals surface area contributed by atoms with Crippen LogP contribution < -0.4 is 5.32 Å². The van der Waals surface area contributed by atoms with E-state index in [2.05, 4.69) is 17.1 Å². The zero-order chi connectivity index (χ0) is 23.6. The fraction of sp³-hybridized carbons (Fsp3) is 0.759. The summed E-state index contributed by atoms with van der Waals surface area (Å²) in [4.78, 5) is 15.0.